The number of aryl methyl sites for hydroxylation is 3. The van der Waals surface area contributed by atoms with E-state index in [1.54, 1.807) is 12.4 Å². The highest BCUT2D eigenvalue weighted by molar-refractivity contribution is 7.98. The van der Waals surface area contributed by atoms with Crippen LogP contribution in [0.15, 0.2) is 125 Å². The molecule has 0 fully saturated rings. The van der Waals surface area contributed by atoms with E-state index in [1.807, 2.05) is 129 Å². The molecule has 0 spiro atoms. The monoisotopic (exact) mass is 628 g/mol. The van der Waals surface area contributed by atoms with Crippen LogP contribution in [0.3, 0.4) is 0 Å². The van der Waals surface area contributed by atoms with Crippen LogP contribution in [0.2, 0.25) is 0 Å². The molecule has 0 N–H and O–H groups in total. The van der Waals surface area contributed by atoms with Crippen molar-refractivity contribution < 1.29 is 9.53 Å². The van der Waals surface area contributed by atoms with Crippen LogP contribution in [0.4, 0.5) is 0 Å². The third kappa shape index (κ3) is 6.62. The Morgan fingerprint density at radius 3 is 2.28 bits per heavy atom. The Morgan fingerprint density at radius 1 is 0.848 bits per heavy atom. The third-order valence-electron chi connectivity index (χ3n) is 7.24. The maximum atomic E-state index is 14.5. The summed E-state index contributed by atoms with van der Waals surface area (Å²) >= 11 is 1.29. The molecule has 0 radical (unpaired) electrons. The smallest absolute Gasteiger partial charge is 0.342 e. The molecule has 0 saturated carbocycles. The van der Waals surface area contributed by atoms with Crippen molar-refractivity contribution in [3.8, 4) is 28.6 Å². The van der Waals surface area contributed by atoms with Crippen molar-refractivity contribution in [2.24, 2.45) is 4.99 Å². The molecule has 6 aromatic rings. The Kier molecular flexibility index (Phi) is 8.80. The van der Waals surface area contributed by atoms with Gasteiger partial charge in [0.25, 0.3) is 5.91 Å². The lowest BCUT2D eigenvalue weighted by molar-refractivity contribution is -0.117. The number of rotatable bonds is 8. The summed E-state index contributed by atoms with van der Waals surface area (Å²) in [7, 11) is 0. The average molecular weight is 629 g/mol. The highest BCUT2D eigenvalue weighted by atomic mass is 32.2. The van der Waals surface area contributed by atoms with Crippen molar-refractivity contribution in [2.75, 3.05) is 6.26 Å². The van der Waals surface area contributed by atoms with Gasteiger partial charge in [-0.05, 0) is 80.6 Å². The first-order valence-corrected chi connectivity index (χ1v) is 15.9. The molecule has 0 aliphatic carbocycles. The Labute approximate surface area is 270 Å². The standard InChI is InChI=1S/C36H32N6O3S/c1-24-10-8-12-27(18-24)20-33(43)38-34-39-35(46-4)42(36(44)41(34)28-13-9-11-25(2)19-28)29-16-17-32(45-30-14-6-5-7-15-30)31(21-29)40-22-26(3)37-23-40/h5-19,21-23H,20H2,1-4H3. The second-order valence-corrected chi connectivity index (χ2v) is 11.6. The van der Waals surface area contributed by atoms with E-state index in [2.05, 4.69) is 9.98 Å². The molecule has 0 atom stereocenters. The second kappa shape index (κ2) is 13.3. The van der Waals surface area contributed by atoms with E-state index < -0.39 is 11.6 Å². The molecule has 4 aromatic carbocycles. The van der Waals surface area contributed by atoms with Gasteiger partial charge in [-0.2, -0.15) is 9.98 Å². The van der Waals surface area contributed by atoms with Gasteiger partial charge in [-0.25, -0.2) is 18.9 Å². The Morgan fingerprint density at radius 2 is 1.59 bits per heavy atom. The van der Waals surface area contributed by atoms with Gasteiger partial charge in [0.15, 0.2) is 10.9 Å². The molecule has 0 bridgehead atoms. The van der Waals surface area contributed by atoms with Crippen LogP contribution in [0.25, 0.3) is 17.1 Å². The van der Waals surface area contributed by atoms with Crippen LogP contribution in [-0.4, -0.2) is 35.8 Å². The minimum atomic E-state index is -0.420. The third-order valence-corrected chi connectivity index (χ3v) is 7.88. The van der Waals surface area contributed by atoms with E-state index >= 15 is 0 Å². The molecule has 46 heavy (non-hydrogen) atoms. The van der Waals surface area contributed by atoms with E-state index in [4.69, 9.17) is 9.72 Å². The van der Waals surface area contributed by atoms with Crippen molar-refractivity contribution in [3.05, 3.63) is 148 Å². The molecular weight excluding hydrogens is 597 g/mol. The first-order valence-electron chi connectivity index (χ1n) is 14.7. The van der Waals surface area contributed by atoms with Crippen LogP contribution < -0.4 is 16.0 Å². The molecule has 0 aliphatic heterocycles. The van der Waals surface area contributed by atoms with Crippen LogP contribution in [0, 0.1) is 20.8 Å². The zero-order chi connectivity index (χ0) is 32.2. The summed E-state index contributed by atoms with van der Waals surface area (Å²) in [6.45, 7) is 5.82. The molecule has 10 heteroatoms. The normalized spacial score (nSPS) is 11.5. The van der Waals surface area contributed by atoms with Gasteiger partial charge in [-0.3, -0.25) is 4.79 Å². The number of amides is 1. The molecule has 6 rings (SSSR count). The minimum Gasteiger partial charge on any atom is -0.455 e. The fraction of sp³-hybridized carbons (Fsp3) is 0.139. The van der Waals surface area contributed by atoms with Gasteiger partial charge in [-0.1, -0.05) is 71.9 Å². The van der Waals surface area contributed by atoms with Gasteiger partial charge in [0.1, 0.15) is 5.75 Å². The molecule has 230 valence electrons. The Hall–Kier alpha value is -5.48. The Bertz CT molecular complexity index is 2180. The first-order chi connectivity index (χ1) is 22.3. The molecule has 0 saturated heterocycles. The van der Waals surface area contributed by atoms with E-state index in [1.165, 1.54) is 20.9 Å². The lowest BCUT2D eigenvalue weighted by atomic mass is 10.1. The van der Waals surface area contributed by atoms with Crippen LogP contribution >= 0.6 is 11.8 Å². The van der Waals surface area contributed by atoms with Crippen molar-refractivity contribution in [3.63, 3.8) is 0 Å². The number of ether oxygens (including phenoxy) is 1. The largest absolute Gasteiger partial charge is 0.455 e. The van der Waals surface area contributed by atoms with E-state index in [-0.39, 0.29) is 12.0 Å². The lowest BCUT2D eigenvalue weighted by Gasteiger charge is -2.17. The van der Waals surface area contributed by atoms with E-state index in [0.29, 0.717) is 33.7 Å². The quantitative estimate of drug-likeness (QED) is 0.183. The predicted molar refractivity (Wildman–Crippen MR) is 180 cm³/mol. The molecular formula is C36H32N6O3S. The number of hydrogen-bond donors (Lipinski definition) is 0. The molecule has 9 nitrogen and oxygen atoms in total. The fourth-order valence-electron chi connectivity index (χ4n) is 5.13. The summed E-state index contributed by atoms with van der Waals surface area (Å²) in [6, 6.07) is 30.2. The van der Waals surface area contributed by atoms with Crippen molar-refractivity contribution in [1.82, 2.24) is 23.7 Å². The summed E-state index contributed by atoms with van der Waals surface area (Å²) < 4.78 is 11.0. The summed E-state index contributed by atoms with van der Waals surface area (Å²) in [5, 5.41) is 0.375. The number of carbonyl (C=O) groups is 1. The maximum Gasteiger partial charge on any atom is 0.342 e. The number of para-hydroxylation sites is 1. The maximum absolute atomic E-state index is 14.5. The summed E-state index contributed by atoms with van der Waals surface area (Å²) in [5.74, 6) is 0.860. The first kappa shape index (κ1) is 30.5. The molecule has 1 amide bonds. The number of aromatic nitrogens is 5. The second-order valence-electron chi connectivity index (χ2n) is 10.9. The molecule has 0 unspecified atom stereocenters. The number of carbonyl (C=O) groups excluding carboxylic acids is 1. The predicted octanol–water partition coefficient (Wildman–Crippen LogP) is 6.32. The zero-order valence-corrected chi connectivity index (χ0v) is 26.7. The SMILES string of the molecule is CSc1nc(=NC(=O)Cc2cccc(C)c2)n(-c2cccc(C)c2)c(=O)n1-c1ccc(Oc2ccccc2)c(-n2cnc(C)c2)c1. The number of benzene rings is 4. The van der Waals surface area contributed by atoms with E-state index in [0.717, 1.165) is 22.4 Å². The summed E-state index contributed by atoms with van der Waals surface area (Å²) in [5.41, 5.74) is 5.06. The van der Waals surface area contributed by atoms with Gasteiger partial charge >= 0.3 is 5.69 Å². The molecule has 2 aromatic heterocycles. The minimum absolute atomic E-state index is 0.0170. The summed E-state index contributed by atoms with van der Waals surface area (Å²) in [4.78, 5) is 41.4. The summed E-state index contributed by atoms with van der Waals surface area (Å²) in [6.07, 6.45) is 5.52. The van der Waals surface area contributed by atoms with E-state index in [9.17, 15) is 9.59 Å². The zero-order valence-electron chi connectivity index (χ0n) is 25.9. The van der Waals surface area contributed by atoms with Crippen LogP contribution in [0.1, 0.15) is 22.4 Å². The van der Waals surface area contributed by atoms with Gasteiger partial charge in [0.05, 0.1) is 35.5 Å². The molecule has 2 heterocycles. The number of hydrogen-bond acceptors (Lipinski definition) is 6. The van der Waals surface area contributed by atoms with Gasteiger partial charge in [0.2, 0.25) is 5.62 Å². The van der Waals surface area contributed by atoms with Crippen molar-refractivity contribution >= 4 is 17.7 Å². The highest BCUT2D eigenvalue weighted by Crippen LogP contribution is 2.31. The number of thioether (sulfide) groups is 1. The highest BCUT2D eigenvalue weighted by Gasteiger charge is 2.19. The number of nitrogens with zero attached hydrogens (tertiary/aromatic N) is 6. The fourth-order valence-corrected chi connectivity index (χ4v) is 5.67. The van der Waals surface area contributed by atoms with Crippen LogP contribution in [0.5, 0.6) is 11.5 Å². The van der Waals surface area contributed by atoms with Gasteiger partial charge in [0, 0.05) is 6.20 Å². The van der Waals surface area contributed by atoms with Crippen molar-refractivity contribution in [1.29, 1.82) is 0 Å². The average Bonchev–Trinajstić information content (AvgIpc) is 3.47. The Balaban J connectivity index is 1.54. The van der Waals surface area contributed by atoms with Crippen molar-refractivity contribution in [2.45, 2.75) is 32.3 Å². The topological polar surface area (TPSA) is 96.3 Å². The van der Waals surface area contributed by atoms with Crippen LogP contribution in [-0.2, 0) is 11.2 Å². The lowest BCUT2D eigenvalue weighted by Crippen LogP contribution is -2.42. The molecule has 0 aliphatic rings. The number of imidazole rings is 1. The van der Waals surface area contributed by atoms with Gasteiger partial charge < -0.3 is 9.30 Å². The van der Waals surface area contributed by atoms with Gasteiger partial charge in [-0.15, -0.1) is 0 Å².